The SMILES string of the molecule is CCCCCCCC/C=C\CCCCCCCCOCCOCCOP(=O)(O)OCCN. The summed E-state index contributed by atoms with van der Waals surface area (Å²) in [5.41, 5.74) is 5.20. The fraction of sp³-hybridized carbons (Fsp3) is 0.917. The van der Waals surface area contributed by atoms with Gasteiger partial charge in [0, 0.05) is 13.2 Å². The first kappa shape index (κ1) is 31.7. The van der Waals surface area contributed by atoms with Gasteiger partial charge in [-0.25, -0.2) is 4.57 Å². The van der Waals surface area contributed by atoms with Crippen LogP contribution in [-0.2, 0) is 23.1 Å². The summed E-state index contributed by atoms with van der Waals surface area (Å²) in [6, 6.07) is 0. The van der Waals surface area contributed by atoms with E-state index in [2.05, 4.69) is 23.6 Å². The van der Waals surface area contributed by atoms with Gasteiger partial charge in [-0.05, 0) is 32.1 Å². The van der Waals surface area contributed by atoms with Crippen LogP contribution in [0.25, 0.3) is 0 Å². The molecule has 0 aliphatic rings. The Kier molecular flexibility index (Phi) is 25.1. The monoisotopic (exact) mass is 479 g/mol. The van der Waals surface area contributed by atoms with Gasteiger partial charge in [0.1, 0.15) is 0 Å². The van der Waals surface area contributed by atoms with E-state index in [1.807, 2.05) is 0 Å². The Balaban J connectivity index is 3.18. The minimum atomic E-state index is -4.00. The average Bonchev–Trinajstić information content (AvgIpc) is 2.78. The van der Waals surface area contributed by atoms with E-state index in [1.165, 1.54) is 83.5 Å². The Morgan fingerprint density at radius 3 is 1.72 bits per heavy atom. The molecule has 0 saturated carbocycles. The minimum Gasteiger partial charge on any atom is -0.379 e. The van der Waals surface area contributed by atoms with E-state index in [-0.39, 0.29) is 26.4 Å². The highest BCUT2D eigenvalue weighted by atomic mass is 31.2. The van der Waals surface area contributed by atoms with E-state index in [0.29, 0.717) is 13.2 Å². The third-order valence-electron chi connectivity index (χ3n) is 5.03. The van der Waals surface area contributed by atoms with Crippen molar-refractivity contribution in [1.29, 1.82) is 0 Å². The summed E-state index contributed by atoms with van der Waals surface area (Å²) in [5.74, 6) is 0. The van der Waals surface area contributed by atoms with Gasteiger partial charge in [0.2, 0.25) is 0 Å². The molecule has 7 nitrogen and oxygen atoms in total. The number of hydrogen-bond acceptors (Lipinski definition) is 6. The topological polar surface area (TPSA) is 100 Å². The molecule has 1 unspecified atom stereocenters. The van der Waals surface area contributed by atoms with Gasteiger partial charge < -0.3 is 20.1 Å². The molecule has 0 aliphatic carbocycles. The molecule has 0 aliphatic heterocycles. The van der Waals surface area contributed by atoms with Gasteiger partial charge in [-0.3, -0.25) is 9.05 Å². The third-order valence-corrected chi connectivity index (χ3v) is 6.04. The molecule has 0 saturated heterocycles. The van der Waals surface area contributed by atoms with Gasteiger partial charge >= 0.3 is 7.82 Å². The number of phosphoric acid groups is 1. The van der Waals surface area contributed by atoms with Gasteiger partial charge in [-0.15, -0.1) is 0 Å². The van der Waals surface area contributed by atoms with Crippen molar-refractivity contribution >= 4 is 7.82 Å². The van der Waals surface area contributed by atoms with Gasteiger partial charge in [0.15, 0.2) is 0 Å². The second-order valence-corrected chi connectivity index (χ2v) is 9.54. The van der Waals surface area contributed by atoms with Gasteiger partial charge in [0.05, 0.1) is 33.0 Å². The van der Waals surface area contributed by atoms with E-state index in [9.17, 15) is 9.46 Å². The number of phosphoric ester groups is 1. The fourth-order valence-corrected chi connectivity index (χ4v) is 3.91. The van der Waals surface area contributed by atoms with E-state index < -0.39 is 7.82 Å². The first-order chi connectivity index (χ1) is 15.6. The summed E-state index contributed by atoms with van der Waals surface area (Å²) in [5, 5.41) is 0. The molecular weight excluding hydrogens is 429 g/mol. The molecule has 0 bridgehead atoms. The molecule has 3 N–H and O–H groups in total. The quantitative estimate of drug-likeness (QED) is 0.0872. The largest absolute Gasteiger partial charge is 0.472 e. The Hall–Kier alpha value is -0.270. The van der Waals surface area contributed by atoms with Gasteiger partial charge in [-0.2, -0.15) is 0 Å². The summed E-state index contributed by atoms with van der Waals surface area (Å²) in [4.78, 5) is 9.29. The van der Waals surface area contributed by atoms with Crippen LogP contribution in [0.1, 0.15) is 96.8 Å². The predicted molar refractivity (Wildman–Crippen MR) is 132 cm³/mol. The smallest absolute Gasteiger partial charge is 0.379 e. The lowest BCUT2D eigenvalue weighted by Crippen LogP contribution is -2.11. The van der Waals surface area contributed by atoms with E-state index in [0.717, 1.165) is 13.0 Å². The Labute approximate surface area is 197 Å². The Bertz CT molecular complexity index is 450. The summed E-state index contributed by atoms with van der Waals surface area (Å²) < 4.78 is 31.5. The zero-order chi connectivity index (χ0) is 23.6. The molecule has 0 rings (SSSR count). The lowest BCUT2D eigenvalue weighted by molar-refractivity contribution is 0.0292. The Morgan fingerprint density at radius 1 is 0.656 bits per heavy atom. The molecule has 0 aromatic heterocycles. The third kappa shape index (κ3) is 26.0. The molecule has 1 atom stereocenters. The molecule has 0 aromatic rings. The zero-order valence-electron chi connectivity index (χ0n) is 20.5. The highest BCUT2D eigenvalue weighted by molar-refractivity contribution is 7.47. The maximum Gasteiger partial charge on any atom is 0.472 e. The van der Waals surface area contributed by atoms with Crippen molar-refractivity contribution in [2.45, 2.75) is 96.8 Å². The van der Waals surface area contributed by atoms with E-state index >= 15 is 0 Å². The predicted octanol–water partition coefficient (Wildman–Crippen LogP) is 6.15. The molecule has 32 heavy (non-hydrogen) atoms. The lowest BCUT2D eigenvalue weighted by Gasteiger charge is -2.11. The highest BCUT2D eigenvalue weighted by Gasteiger charge is 2.19. The van der Waals surface area contributed by atoms with Crippen LogP contribution < -0.4 is 5.73 Å². The normalized spacial score (nSPS) is 13.7. The van der Waals surface area contributed by atoms with Crippen LogP contribution in [0.5, 0.6) is 0 Å². The standard InChI is InChI=1S/C24H50NO6P/c1-2-3-4-5-6-7-8-9-10-11-12-13-14-15-16-17-19-28-21-22-29-23-24-31-32(26,27)30-20-18-25/h9-10H,2-8,11-25H2,1H3,(H,26,27)/b10-9-. The van der Waals surface area contributed by atoms with Crippen molar-refractivity contribution in [3.05, 3.63) is 12.2 Å². The molecule has 0 heterocycles. The molecule has 0 radical (unpaired) electrons. The lowest BCUT2D eigenvalue weighted by atomic mass is 10.1. The number of allylic oxidation sites excluding steroid dienone is 2. The molecular formula is C24H50NO6P. The fourth-order valence-electron chi connectivity index (χ4n) is 3.19. The van der Waals surface area contributed by atoms with Crippen LogP contribution in [0.4, 0.5) is 0 Å². The first-order valence-corrected chi connectivity index (χ1v) is 14.2. The molecule has 0 amide bonds. The molecule has 0 spiro atoms. The van der Waals surface area contributed by atoms with Crippen molar-refractivity contribution in [1.82, 2.24) is 0 Å². The van der Waals surface area contributed by atoms with Crippen molar-refractivity contribution in [3.8, 4) is 0 Å². The van der Waals surface area contributed by atoms with Crippen molar-refractivity contribution in [2.75, 3.05) is 46.2 Å². The summed E-state index contributed by atoms with van der Waals surface area (Å²) in [6.07, 6.45) is 22.9. The first-order valence-electron chi connectivity index (χ1n) is 12.7. The van der Waals surface area contributed by atoms with Crippen LogP contribution in [0, 0.1) is 0 Å². The maximum atomic E-state index is 11.4. The molecule has 0 fully saturated rings. The average molecular weight is 480 g/mol. The maximum absolute atomic E-state index is 11.4. The second kappa shape index (κ2) is 25.4. The zero-order valence-corrected chi connectivity index (χ0v) is 21.4. The van der Waals surface area contributed by atoms with Crippen molar-refractivity contribution in [3.63, 3.8) is 0 Å². The Morgan fingerprint density at radius 2 is 1.12 bits per heavy atom. The summed E-state index contributed by atoms with van der Waals surface area (Å²) >= 11 is 0. The van der Waals surface area contributed by atoms with Crippen LogP contribution in [0.15, 0.2) is 12.2 Å². The number of hydrogen-bond donors (Lipinski definition) is 2. The van der Waals surface area contributed by atoms with Crippen LogP contribution in [0.2, 0.25) is 0 Å². The summed E-state index contributed by atoms with van der Waals surface area (Å²) in [7, 11) is -4.00. The van der Waals surface area contributed by atoms with Crippen molar-refractivity contribution in [2.24, 2.45) is 5.73 Å². The second-order valence-electron chi connectivity index (χ2n) is 8.09. The van der Waals surface area contributed by atoms with E-state index in [4.69, 9.17) is 19.7 Å². The van der Waals surface area contributed by atoms with Crippen LogP contribution in [0.3, 0.4) is 0 Å². The van der Waals surface area contributed by atoms with Crippen LogP contribution >= 0.6 is 7.82 Å². The number of unbranched alkanes of at least 4 members (excludes halogenated alkanes) is 12. The number of rotatable bonds is 26. The minimum absolute atomic E-state index is 0.00668. The summed E-state index contributed by atoms with van der Waals surface area (Å²) in [6.45, 7) is 4.33. The van der Waals surface area contributed by atoms with E-state index in [1.54, 1.807) is 0 Å². The van der Waals surface area contributed by atoms with Crippen molar-refractivity contribution < 1.29 is 28.0 Å². The molecule has 192 valence electrons. The van der Waals surface area contributed by atoms with Gasteiger partial charge in [-0.1, -0.05) is 76.9 Å². The highest BCUT2D eigenvalue weighted by Crippen LogP contribution is 2.42. The van der Waals surface area contributed by atoms with Gasteiger partial charge in [0.25, 0.3) is 0 Å². The molecule has 0 aromatic carbocycles. The number of nitrogens with two attached hydrogens (primary N) is 1. The number of ether oxygens (including phenoxy) is 2. The molecule has 8 heteroatoms. The van der Waals surface area contributed by atoms with Crippen LogP contribution in [-0.4, -0.2) is 51.1 Å².